The molecular formula is C45H79N2O26S-. The van der Waals surface area contributed by atoms with Crippen LogP contribution in [0.4, 0.5) is 0 Å². The zero-order valence-corrected chi connectivity index (χ0v) is 42.3. The molecule has 0 spiro atoms. The van der Waals surface area contributed by atoms with Crippen LogP contribution in [0.15, 0.2) is 12.2 Å². The largest absolute Gasteiger partial charge is 0.726 e. The molecule has 4 aliphatic rings. The molecule has 4 aliphatic heterocycles. The lowest BCUT2D eigenvalue weighted by Gasteiger charge is -2.50. The molecule has 0 aromatic carbocycles. The van der Waals surface area contributed by atoms with E-state index in [0.29, 0.717) is 12.8 Å². The molecule has 0 unspecified atom stereocenters. The SMILES string of the molecule is CCCCCCCCCCCCC/C=C/[C@@H](O)[C@H](CO[C@@H]1O[C@H](CO)[C@@H](O[C@@H]2O[C@H](CO)[C@H](O[C@@H]3O[C@H](CO)[C@H](O)[C@H](O[C@@H]4O[C@H](CO)[C@H](O)[C@H](OS(=O)(=O)[O-])[C@H]4O)[C@H]3NC(C)=O)[C@H](O)[C@H]2O)[C@H](O)[C@H]1O)NC=O. The van der Waals surface area contributed by atoms with E-state index in [1.54, 1.807) is 6.08 Å². The molecule has 4 rings (SSSR count). The zero-order valence-electron chi connectivity index (χ0n) is 41.4. The van der Waals surface area contributed by atoms with Gasteiger partial charge in [0, 0.05) is 6.92 Å². The van der Waals surface area contributed by atoms with Crippen LogP contribution in [0.3, 0.4) is 0 Å². The van der Waals surface area contributed by atoms with Crippen LogP contribution < -0.4 is 10.6 Å². The number of allylic oxidation sites excluding steroid dienone is 1. The van der Waals surface area contributed by atoms with Crippen molar-refractivity contribution in [3.05, 3.63) is 12.2 Å². The van der Waals surface area contributed by atoms with Gasteiger partial charge in [-0.05, 0) is 12.8 Å². The highest BCUT2D eigenvalue weighted by molar-refractivity contribution is 7.80. The maximum atomic E-state index is 12.5. The van der Waals surface area contributed by atoms with Gasteiger partial charge in [0.25, 0.3) is 0 Å². The summed E-state index contributed by atoms with van der Waals surface area (Å²) in [5.74, 6) is -0.857. The zero-order chi connectivity index (χ0) is 54.7. The van der Waals surface area contributed by atoms with E-state index in [-0.39, 0.29) is 0 Å². The van der Waals surface area contributed by atoms with Crippen LogP contribution in [0.2, 0.25) is 0 Å². The Hall–Kier alpha value is -2.25. The van der Waals surface area contributed by atoms with Crippen LogP contribution in [0.5, 0.6) is 0 Å². The van der Waals surface area contributed by atoms with Gasteiger partial charge in [-0.1, -0.05) is 83.3 Å². The Labute approximate surface area is 429 Å². The molecule has 0 saturated carbocycles. The Balaban J connectivity index is 1.38. The van der Waals surface area contributed by atoms with E-state index in [1.807, 2.05) is 0 Å². The maximum absolute atomic E-state index is 12.5. The number of aliphatic hydroxyl groups is 12. The Bertz CT molecular complexity index is 1760. The molecule has 14 N–H and O–H groups in total. The second-order valence-corrected chi connectivity index (χ2v) is 19.8. The van der Waals surface area contributed by atoms with Gasteiger partial charge in [-0.15, -0.1) is 0 Å². The lowest BCUT2D eigenvalue weighted by atomic mass is 9.94. The van der Waals surface area contributed by atoms with Crippen LogP contribution in [0.25, 0.3) is 0 Å². The van der Waals surface area contributed by atoms with Crippen LogP contribution in [-0.4, -0.2) is 255 Å². The summed E-state index contributed by atoms with van der Waals surface area (Å²) in [6.07, 6.45) is -20.7. The number of aliphatic hydroxyl groups excluding tert-OH is 12. The molecule has 74 heavy (non-hydrogen) atoms. The molecule has 4 fully saturated rings. The summed E-state index contributed by atoms with van der Waals surface area (Å²) in [4.78, 5) is 24.0. The average Bonchev–Trinajstić information content (AvgIpc) is 3.36. The standard InChI is InChI=1S/C45H80N2O26S/c1-3-4-5-6-7-8-9-10-11-12-13-14-15-16-25(54)24(46-22-52)21-65-43-35(59)33(57)39(28(19-50)68-43)71-44-36(60)34(58)38(29(20-51)69-44)70-42-30(47-23(2)53)40(31(55)26(17-48)66-42)72-45-37(61)41(73-74(62,63)64)32(56)27(18-49)67-45/h15-16,22,24-45,48-51,54-61H,3-14,17-21H2,1-2H3,(H,46,52)(H,47,53)(H,62,63,64)/p-1/b16-15+/t24-,25+,26+,27+,28+,29+,30+,31-,32-,33+,34+,35+,36+,37+,38-,39+,40+,41-,42-,43+,44-,45-/m0/s1. The van der Waals surface area contributed by atoms with Crippen molar-refractivity contribution in [2.75, 3.05) is 33.0 Å². The minimum absolute atomic E-state index is 0.344. The summed E-state index contributed by atoms with van der Waals surface area (Å²) in [5.41, 5.74) is 0. The van der Waals surface area contributed by atoms with Crippen LogP contribution in [0, 0.1) is 0 Å². The molecule has 0 aromatic rings. The average molecular weight is 1100 g/mol. The minimum atomic E-state index is -5.60. The number of carbonyl (C=O) groups is 2. The molecule has 4 saturated heterocycles. The molecule has 2 amide bonds. The van der Waals surface area contributed by atoms with Gasteiger partial charge in [-0.25, -0.2) is 8.42 Å². The Morgan fingerprint density at radius 1 is 0.608 bits per heavy atom. The van der Waals surface area contributed by atoms with E-state index in [2.05, 4.69) is 21.7 Å². The van der Waals surface area contributed by atoms with Gasteiger partial charge >= 0.3 is 0 Å². The molecule has 0 bridgehead atoms. The highest BCUT2D eigenvalue weighted by Gasteiger charge is 2.56. The second kappa shape index (κ2) is 32.0. The van der Waals surface area contributed by atoms with Crippen molar-refractivity contribution in [2.45, 2.75) is 226 Å². The molecule has 22 atom stereocenters. The van der Waals surface area contributed by atoms with E-state index in [0.717, 1.165) is 26.2 Å². The summed E-state index contributed by atoms with van der Waals surface area (Å²) in [5, 5.41) is 134. The summed E-state index contributed by atoms with van der Waals surface area (Å²) in [6, 6.07) is -2.79. The van der Waals surface area contributed by atoms with Gasteiger partial charge in [0.15, 0.2) is 25.2 Å². The van der Waals surface area contributed by atoms with Gasteiger partial charge in [0.2, 0.25) is 22.7 Å². The molecule has 4 heterocycles. The first-order valence-electron chi connectivity index (χ1n) is 25.1. The first-order valence-corrected chi connectivity index (χ1v) is 26.4. The fourth-order valence-corrected chi connectivity index (χ4v) is 9.63. The predicted octanol–water partition coefficient (Wildman–Crippen LogP) is -5.36. The van der Waals surface area contributed by atoms with Crippen molar-refractivity contribution in [3.8, 4) is 0 Å². The number of unbranched alkanes of at least 4 members (excludes halogenated alkanes) is 11. The highest BCUT2D eigenvalue weighted by Crippen LogP contribution is 2.35. The van der Waals surface area contributed by atoms with Gasteiger partial charge in [-0.3, -0.25) is 13.8 Å². The van der Waals surface area contributed by atoms with Crippen LogP contribution in [-0.2, 0) is 62.1 Å². The van der Waals surface area contributed by atoms with Gasteiger partial charge in [-0.2, -0.15) is 0 Å². The Morgan fingerprint density at radius 2 is 1.05 bits per heavy atom. The van der Waals surface area contributed by atoms with Gasteiger partial charge in [0.1, 0.15) is 97.6 Å². The van der Waals surface area contributed by atoms with Crippen molar-refractivity contribution in [2.24, 2.45) is 0 Å². The van der Waals surface area contributed by atoms with Crippen molar-refractivity contribution in [3.63, 3.8) is 0 Å². The molecule has 0 aromatic heterocycles. The first-order chi connectivity index (χ1) is 35.2. The lowest BCUT2D eigenvalue weighted by Crippen LogP contribution is -2.70. The molecular weight excluding hydrogens is 1020 g/mol. The van der Waals surface area contributed by atoms with E-state index in [9.17, 15) is 83.8 Å². The van der Waals surface area contributed by atoms with Crippen LogP contribution >= 0.6 is 0 Å². The maximum Gasteiger partial charge on any atom is 0.218 e. The summed E-state index contributed by atoms with van der Waals surface area (Å²) in [6.45, 7) is -1.21. The van der Waals surface area contributed by atoms with Gasteiger partial charge in [0.05, 0.1) is 45.2 Å². The number of nitrogens with one attached hydrogen (secondary N) is 2. The summed E-state index contributed by atoms with van der Waals surface area (Å²) >= 11 is 0. The quantitative estimate of drug-likeness (QED) is 0.00983. The lowest BCUT2D eigenvalue weighted by molar-refractivity contribution is -0.379. The van der Waals surface area contributed by atoms with Crippen molar-refractivity contribution in [1.82, 2.24) is 10.6 Å². The Morgan fingerprint density at radius 3 is 1.57 bits per heavy atom. The second-order valence-electron chi connectivity index (χ2n) is 18.8. The number of amides is 2. The fourth-order valence-electron chi connectivity index (χ4n) is 9.13. The first kappa shape index (κ1) is 64.3. The van der Waals surface area contributed by atoms with Crippen molar-refractivity contribution >= 4 is 22.7 Å². The number of carbonyl (C=O) groups excluding carboxylic acids is 2. The predicted molar refractivity (Wildman–Crippen MR) is 247 cm³/mol. The summed E-state index contributed by atoms with van der Waals surface area (Å²) in [7, 11) is -5.60. The number of rotatable bonds is 32. The van der Waals surface area contributed by atoms with Gasteiger partial charge < -0.3 is 114 Å². The molecule has 28 nitrogen and oxygen atoms in total. The third kappa shape index (κ3) is 18.4. The van der Waals surface area contributed by atoms with E-state index < -0.39 is 184 Å². The summed E-state index contributed by atoms with van der Waals surface area (Å²) < 4.78 is 84.2. The number of hydrogen-bond donors (Lipinski definition) is 14. The van der Waals surface area contributed by atoms with Crippen molar-refractivity contribution < 1.29 is 126 Å². The molecule has 0 aliphatic carbocycles. The van der Waals surface area contributed by atoms with Crippen LogP contribution in [0.1, 0.15) is 90.9 Å². The molecule has 0 radical (unpaired) electrons. The highest BCUT2D eigenvalue weighted by atomic mass is 32.3. The van der Waals surface area contributed by atoms with E-state index >= 15 is 0 Å². The third-order valence-corrected chi connectivity index (χ3v) is 13.7. The molecule has 29 heteroatoms. The number of hydrogen-bond acceptors (Lipinski definition) is 26. The normalized spacial score (nSPS) is 37.9. The monoisotopic (exact) mass is 1100 g/mol. The van der Waals surface area contributed by atoms with E-state index in [1.165, 1.54) is 57.4 Å². The minimum Gasteiger partial charge on any atom is -0.726 e. The third-order valence-electron chi connectivity index (χ3n) is 13.2. The van der Waals surface area contributed by atoms with E-state index in [4.69, 9.17) is 37.9 Å². The number of ether oxygens (including phenoxy) is 8. The topological polar surface area (TPSA) is 441 Å². The fraction of sp³-hybridized carbons (Fsp3) is 0.911. The Kier molecular flexibility index (Phi) is 27.8. The molecule has 432 valence electrons. The smallest absolute Gasteiger partial charge is 0.218 e. The van der Waals surface area contributed by atoms with Crippen molar-refractivity contribution in [1.29, 1.82) is 0 Å².